The monoisotopic (exact) mass is 331 g/mol. The number of nitro groups is 1. The van der Waals surface area contributed by atoms with Gasteiger partial charge in [-0.15, -0.1) is 0 Å². The average Bonchev–Trinajstić information content (AvgIpc) is 2.33. The van der Waals surface area contributed by atoms with Crippen molar-refractivity contribution in [2.45, 2.75) is 6.54 Å². The highest BCUT2D eigenvalue weighted by atomic mass is 79.9. The molecular formula is C11H14BrN3O4. The number of rotatable bonds is 8. The Hall–Kier alpha value is -1.51. The number of benzene rings is 1. The van der Waals surface area contributed by atoms with E-state index < -0.39 is 10.8 Å². The van der Waals surface area contributed by atoms with Crippen molar-refractivity contribution in [3.63, 3.8) is 0 Å². The van der Waals surface area contributed by atoms with Crippen LogP contribution < -0.4 is 11.1 Å². The molecule has 0 saturated carbocycles. The highest BCUT2D eigenvalue weighted by Crippen LogP contribution is 2.22. The molecule has 8 heteroatoms. The van der Waals surface area contributed by atoms with Gasteiger partial charge in [-0.25, -0.2) is 0 Å². The van der Waals surface area contributed by atoms with Gasteiger partial charge >= 0.3 is 0 Å². The lowest BCUT2D eigenvalue weighted by atomic mass is 10.2. The molecule has 0 bridgehead atoms. The van der Waals surface area contributed by atoms with Crippen molar-refractivity contribution in [1.29, 1.82) is 0 Å². The molecule has 0 aliphatic carbocycles. The van der Waals surface area contributed by atoms with Gasteiger partial charge in [0, 0.05) is 29.2 Å². The van der Waals surface area contributed by atoms with Crippen LogP contribution in [0.4, 0.5) is 5.69 Å². The zero-order valence-corrected chi connectivity index (χ0v) is 11.7. The second kappa shape index (κ2) is 7.82. The van der Waals surface area contributed by atoms with E-state index >= 15 is 0 Å². The number of nitrogens with two attached hydrogens (primary N) is 1. The maximum absolute atomic E-state index is 10.8. The fraction of sp³-hybridized carbons (Fsp3) is 0.364. The van der Waals surface area contributed by atoms with Gasteiger partial charge in [-0.1, -0.05) is 15.9 Å². The topological polar surface area (TPSA) is 107 Å². The number of carbonyl (C=O) groups excluding carboxylic acids is 1. The van der Waals surface area contributed by atoms with Crippen LogP contribution in [0.1, 0.15) is 5.56 Å². The van der Waals surface area contributed by atoms with E-state index in [1.54, 1.807) is 12.1 Å². The molecule has 3 N–H and O–H groups in total. The molecule has 19 heavy (non-hydrogen) atoms. The molecule has 0 heterocycles. The van der Waals surface area contributed by atoms with Crippen LogP contribution in [0.15, 0.2) is 22.7 Å². The van der Waals surface area contributed by atoms with E-state index in [0.29, 0.717) is 25.3 Å². The van der Waals surface area contributed by atoms with Crippen LogP contribution in [0.2, 0.25) is 0 Å². The van der Waals surface area contributed by atoms with E-state index in [9.17, 15) is 14.9 Å². The molecule has 1 aromatic rings. The van der Waals surface area contributed by atoms with Crippen molar-refractivity contribution in [2.75, 3.05) is 19.8 Å². The number of hydrogen-bond acceptors (Lipinski definition) is 5. The van der Waals surface area contributed by atoms with Crippen molar-refractivity contribution < 1.29 is 14.5 Å². The number of ether oxygens (including phenoxy) is 1. The maximum atomic E-state index is 10.8. The zero-order valence-electron chi connectivity index (χ0n) is 10.1. The fourth-order valence-corrected chi connectivity index (χ4v) is 1.82. The number of nitrogens with zero attached hydrogens (tertiary/aromatic N) is 1. The van der Waals surface area contributed by atoms with E-state index in [2.05, 4.69) is 21.2 Å². The van der Waals surface area contributed by atoms with Crippen LogP contribution in [0.25, 0.3) is 0 Å². The molecule has 0 fully saturated rings. The third kappa shape index (κ3) is 5.77. The second-order valence-corrected chi connectivity index (χ2v) is 4.64. The Kier molecular flexibility index (Phi) is 6.40. The summed E-state index contributed by atoms with van der Waals surface area (Å²) in [5, 5.41) is 13.8. The number of carbonyl (C=O) groups is 1. The first-order valence-corrected chi connectivity index (χ1v) is 6.29. The predicted octanol–water partition coefficient (Wildman–Crippen LogP) is 0.949. The van der Waals surface area contributed by atoms with Gasteiger partial charge in [0.2, 0.25) is 5.91 Å². The van der Waals surface area contributed by atoms with Gasteiger partial charge in [0.1, 0.15) is 6.61 Å². The smallest absolute Gasteiger partial charge is 0.273 e. The zero-order chi connectivity index (χ0) is 14.3. The Morgan fingerprint density at radius 2 is 2.26 bits per heavy atom. The second-order valence-electron chi connectivity index (χ2n) is 3.73. The van der Waals surface area contributed by atoms with Crippen molar-refractivity contribution in [3.05, 3.63) is 38.3 Å². The van der Waals surface area contributed by atoms with E-state index in [-0.39, 0.29) is 12.3 Å². The van der Waals surface area contributed by atoms with Gasteiger partial charge in [-0.2, -0.15) is 0 Å². The summed E-state index contributed by atoms with van der Waals surface area (Å²) >= 11 is 3.27. The standard InChI is InChI=1S/C11H14BrN3O4/c12-9-1-2-10(15(17)18)8(5-9)6-14-3-4-19-7-11(13)16/h1-2,5,14H,3-4,6-7H2,(H2,13,16). The molecule has 0 atom stereocenters. The first kappa shape index (κ1) is 15.5. The van der Waals surface area contributed by atoms with Crippen LogP contribution >= 0.6 is 15.9 Å². The molecule has 1 rings (SSSR count). The number of nitrogens with one attached hydrogen (secondary N) is 1. The maximum Gasteiger partial charge on any atom is 0.273 e. The minimum absolute atomic E-state index is 0.0637. The van der Waals surface area contributed by atoms with Gasteiger partial charge in [-0.3, -0.25) is 14.9 Å². The van der Waals surface area contributed by atoms with Crippen molar-refractivity contribution in [1.82, 2.24) is 5.32 Å². The molecule has 0 saturated heterocycles. The highest BCUT2D eigenvalue weighted by molar-refractivity contribution is 9.10. The third-order valence-corrected chi connectivity index (χ3v) is 2.71. The number of primary amides is 1. The average molecular weight is 332 g/mol. The molecule has 1 aromatic carbocycles. The number of nitro benzene ring substituents is 1. The van der Waals surface area contributed by atoms with Crippen LogP contribution in [0.3, 0.4) is 0 Å². The van der Waals surface area contributed by atoms with Crippen LogP contribution in [-0.4, -0.2) is 30.6 Å². The van der Waals surface area contributed by atoms with Gasteiger partial charge in [-0.05, 0) is 12.1 Å². The van der Waals surface area contributed by atoms with Crippen LogP contribution in [-0.2, 0) is 16.1 Å². The molecule has 0 unspecified atom stereocenters. The molecule has 0 radical (unpaired) electrons. The summed E-state index contributed by atoms with van der Waals surface area (Å²) in [5.41, 5.74) is 5.55. The third-order valence-electron chi connectivity index (χ3n) is 2.22. The summed E-state index contributed by atoms with van der Waals surface area (Å²) in [6.07, 6.45) is 0. The molecule has 0 aromatic heterocycles. The lowest BCUT2D eigenvalue weighted by Gasteiger charge is -2.06. The normalized spacial score (nSPS) is 10.4. The van der Waals surface area contributed by atoms with E-state index in [4.69, 9.17) is 10.5 Å². The summed E-state index contributed by atoms with van der Waals surface area (Å²) in [4.78, 5) is 20.8. The Labute approximate surface area is 118 Å². The molecule has 0 aliphatic heterocycles. The van der Waals surface area contributed by atoms with E-state index in [0.717, 1.165) is 4.47 Å². The van der Waals surface area contributed by atoms with Gasteiger partial charge < -0.3 is 15.8 Å². The first-order valence-electron chi connectivity index (χ1n) is 5.50. The van der Waals surface area contributed by atoms with Crippen LogP contribution in [0, 0.1) is 10.1 Å². The number of halogens is 1. The summed E-state index contributed by atoms with van der Waals surface area (Å²) in [5.74, 6) is -0.525. The van der Waals surface area contributed by atoms with Crippen LogP contribution in [0.5, 0.6) is 0 Å². The molecule has 1 amide bonds. The van der Waals surface area contributed by atoms with Crippen molar-refractivity contribution in [3.8, 4) is 0 Å². The van der Waals surface area contributed by atoms with E-state index in [1.807, 2.05) is 0 Å². The summed E-state index contributed by atoms with van der Waals surface area (Å²) in [7, 11) is 0. The summed E-state index contributed by atoms with van der Waals surface area (Å²) < 4.78 is 5.73. The van der Waals surface area contributed by atoms with Gasteiger partial charge in [0.25, 0.3) is 5.69 Å². The lowest BCUT2D eigenvalue weighted by Crippen LogP contribution is -2.24. The molecule has 7 nitrogen and oxygen atoms in total. The molecule has 104 valence electrons. The summed E-state index contributed by atoms with van der Waals surface area (Å²) in [6.45, 7) is 0.996. The van der Waals surface area contributed by atoms with Crippen molar-refractivity contribution in [2.24, 2.45) is 5.73 Å². The highest BCUT2D eigenvalue weighted by Gasteiger charge is 2.12. The first-order chi connectivity index (χ1) is 9.00. The largest absolute Gasteiger partial charge is 0.370 e. The minimum atomic E-state index is -0.525. The quantitative estimate of drug-likeness (QED) is 0.419. The Morgan fingerprint density at radius 3 is 2.89 bits per heavy atom. The molecule has 0 aliphatic rings. The molecular weight excluding hydrogens is 318 g/mol. The van der Waals surface area contributed by atoms with E-state index in [1.165, 1.54) is 6.07 Å². The SMILES string of the molecule is NC(=O)COCCNCc1cc(Br)ccc1[N+](=O)[O-]. The molecule has 0 spiro atoms. The number of amides is 1. The number of hydrogen-bond donors (Lipinski definition) is 2. The fourth-order valence-electron chi connectivity index (χ4n) is 1.41. The Bertz CT molecular complexity index is 467. The summed E-state index contributed by atoms with van der Waals surface area (Å²) in [6, 6.07) is 4.76. The minimum Gasteiger partial charge on any atom is -0.370 e. The lowest BCUT2D eigenvalue weighted by molar-refractivity contribution is -0.385. The van der Waals surface area contributed by atoms with Crippen molar-refractivity contribution >= 4 is 27.5 Å². The Morgan fingerprint density at radius 1 is 1.53 bits per heavy atom. The Balaban J connectivity index is 2.42. The van der Waals surface area contributed by atoms with Gasteiger partial charge in [0.15, 0.2) is 0 Å². The van der Waals surface area contributed by atoms with Gasteiger partial charge in [0.05, 0.1) is 11.5 Å². The predicted molar refractivity (Wildman–Crippen MR) is 72.5 cm³/mol.